The van der Waals surface area contributed by atoms with Crippen molar-refractivity contribution in [1.29, 1.82) is 0 Å². The molecule has 0 spiro atoms. The number of imide groups is 1. The largest absolute Gasteiger partial charge is 0.497 e. The number of hydrogen-bond acceptors (Lipinski definition) is 4. The first kappa shape index (κ1) is 18.6. The molecule has 6 nitrogen and oxygen atoms in total. The molecule has 1 saturated heterocycles. The zero-order valence-corrected chi connectivity index (χ0v) is 14.7. The van der Waals surface area contributed by atoms with Gasteiger partial charge in [-0.3, -0.25) is 9.69 Å². The van der Waals surface area contributed by atoms with Gasteiger partial charge < -0.3 is 14.8 Å². The second-order valence-corrected chi connectivity index (χ2v) is 6.20. The van der Waals surface area contributed by atoms with Crippen molar-refractivity contribution >= 4 is 11.9 Å². The Morgan fingerprint density at radius 2 is 1.63 bits per heavy atom. The summed E-state index contributed by atoms with van der Waals surface area (Å²) in [5.74, 6) is 0.224. The Hall–Kier alpha value is -3.16. The lowest BCUT2D eigenvalue weighted by atomic mass is 9.92. The number of alkyl halides is 2. The summed E-state index contributed by atoms with van der Waals surface area (Å²) in [6.45, 7) is -1.25. The van der Waals surface area contributed by atoms with Crippen molar-refractivity contribution in [3.05, 3.63) is 59.7 Å². The van der Waals surface area contributed by atoms with Gasteiger partial charge in [0.05, 0.1) is 13.7 Å². The van der Waals surface area contributed by atoms with Gasteiger partial charge >= 0.3 is 12.6 Å². The van der Waals surface area contributed by atoms with Gasteiger partial charge in [0, 0.05) is 0 Å². The Morgan fingerprint density at radius 3 is 2.19 bits per heavy atom. The van der Waals surface area contributed by atoms with E-state index in [1.54, 1.807) is 38.3 Å². The lowest BCUT2D eigenvalue weighted by molar-refractivity contribution is -0.131. The van der Waals surface area contributed by atoms with Crippen LogP contribution in [0.4, 0.5) is 13.6 Å². The zero-order chi connectivity index (χ0) is 19.6. The fourth-order valence-electron chi connectivity index (χ4n) is 2.92. The predicted molar refractivity (Wildman–Crippen MR) is 92.5 cm³/mol. The van der Waals surface area contributed by atoms with Gasteiger partial charge in [-0.15, -0.1) is 0 Å². The number of hydrogen-bond donors (Lipinski definition) is 1. The smallest absolute Gasteiger partial charge is 0.387 e. The number of carbonyl (C=O) groups excluding carboxylic acids is 2. The number of rotatable bonds is 6. The molecule has 0 aliphatic carbocycles. The van der Waals surface area contributed by atoms with Crippen LogP contribution in [0, 0.1) is 0 Å². The molecule has 1 aliphatic rings. The molecule has 8 heteroatoms. The maximum absolute atomic E-state index is 12.9. The highest BCUT2D eigenvalue weighted by Gasteiger charge is 2.48. The van der Waals surface area contributed by atoms with Gasteiger partial charge in [-0.2, -0.15) is 8.78 Å². The summed E-state index contributed by atoms with van der Waals surface area (Å²) >= 11 is 0. The number of methoxy groups -OCH3 is 1. The number of amides is 3. The third-order valence-electron chi connectivity index (χ3n) is 4.43. The molecule has 3 amide bonds. The highest BCUT2D eigenvalue weighted by molar-refractivity contribution is 6.07. The lowest BCUT2D eigenvalue weighted by Crippen LogP contribution is -2.40. The fraction of sp³-hybridized carbons (Fsp3) is 0.263. The quantitative estimate of drug-likeness (QED) is 0.786. The van der Waals surface area contributed by atoms with E-state index in [2.05, 4.69) is 10.1 Å². The van der Waals surface area contributed by atoms with E-state index >= 15 is 0 Å². The molecule has 142 valence electrons. The topological polar surface area (TPSA) is 67.9 Å². The molecule has 2 aromatic rings. The highest BCUT2D eigenvalue weighted by Crippen LogP contribution is 2.31. The van der Waals surface area contributed by atoms with E-state index in [0.717, 1.165) is 10.5 Å². The van der Waals surface area contributed by atoms with Crippen LogP contribution in [0.15, 0.2) is 48.5 Å². The monoisotopic (exact) mass is 376 g/mol. The number of urea groups is 1. The number of halogens is 2. The summed E-state index contributed by atoms with van der Waals surface area (Å²) in [4.78, 5) is 26.4. The second kappa shape index (κ2) is 7.22. The Balaban J connectivity index is 1.79. The van der Waals surface area contributed by atoms with Gasteiger partial charge in [0.25, 0.3) is 5.91 Å². The molecular weight excluding hydrogens is 358 g/mol. The molecule has 1 heterocycles. The minimum absolute atomic E-state index is 0.0239. The number of nitrogens with one attached hydrogen (secondary N) is 1. The molecule has 1 atom stereocenters. The van der Waals surface area contributed by atoms with E-state index in [9.17, 15) is 18.4 Å². The van der Waals surface area contributed by atoms with Crippen LogP contribution in [0.2, 0.25) is 0 Å². The number of carbonyl (C=O) groups is 2. The van der Waals surface area contributed by atoms with Crippen molar-refractivity contribution in [2.45, 2.75) is 25.6 Å². The standard InChI is InChI=1S/C19H18F2N2O4/c1-19(13-5-9-15(10-6-13)27-17(20)21)16(24)23(18(25)22-19)11-12-3-7-14(26-2)8-4-12/h3-10,17H,11H2,1-2H3,(H,22,25). The molecule has 1 N–H and O–H groups in total. The van der Waals surface area contributed by atoms with E-state index in [1.807, 2.05) is 0 Å². The van der Waals surface area contributed by atoms with Crippen LogP contribution in [0.1, 0.15) is 18.1 Å². The summed E-state index contributed by atoms with van der Waals surface area (Å²) in [6, 6.07) is 12.1. The fourth-order valence-corrected chi connectivity index (χ4v) is 2.92. The minimum Gasteiger partial charge on any atom is -0.497 e. The number of ether oxygens (including phenoxy) is 2. The van der Waals surface area contributed by atoms with Gasteiger partial charge in [0.15, 0.2) is 0 Å². The molecule has 1 unspecified atom stereocenters. The molecule has 1 aliphatic heterocycles. The molecule has 0 radical (unpaired) electrons. The highest BCUT2D eigenvalue weighted by atomic mass is 19.3. The molecule has 3 rings (SSSR count). The minimum atomic E-state index is -2.93. The van der Waals surface area contributed by atoms with E-state index < -0.39 is 24.1 Å². The summed E-state index contributed by atoms with van der Waals surface area (Å²) in [7, 11) is 1.55. The number of benzene rings is 2. The van der Waals surface area contributed by atoms with E-state index in [4.69, 9.17) is 4.74 Å². The maximum Gasteiger partial charge on any atom is 0.387 e. The molecule has 1 fully saturated rings. The first-order valence-electron chi connectivity index (χ1n) is 8.16. The summed E-state index contributed by atoms with van der Waals surface area (Å²) in [5, 5.41) is 2.67. The average molecular weight is 376 g/mol. The molecule has 0 saturated carbocycles. The summed E-state index contributed by atoms with van der Waals surface area (Å²) in [6.07, 6.45) is 0. The molecule has 27 heavy (non-hydrogen) atoms. The second-order valence-electron chi connectivity index (χ2n) is 6.20. The summed E-state index contributed by atoms with van der Waals surface area (Å²) < 4.78 is 33.9. The van der Waals surface area contributed by atoms with Crippen molar-refractivity contribution in [2.75, 3.05) is 7.11 Å². The lowest BCUT2D eigenvalue weighted by Gasteiger charge is -2.22. The van der Waals surface area contributed by atoms with Crippen molar-refractivity contribution in [3.63, 3.8) is 0 Å². The van der Waals surface area contributed by atoms with Crippen LogP contribution in [0.25, 0.3) is 0 Å². The van der Waals surface area contributed by atoms with E-state index in [0.29, 0.717) is 11.3 Å². The van der Waals surface area contributed by atoms with Crippen molar-refractivity contribution < 1.29 is 27.8 Å². The van der Waals surface area contributed by atoms with E-state index in [-0.39, 0.29) is 12.3 Å². The van der Waals surface area contributed by atoms with Crippen LogP contribution in [0.5, 0.6) is 11.5 Å². The van der Waals surface area contributed by atoms with Gasteiger partial charge in [0.1, 0.15) is 17.0 Å². The van der Waals surface area contributed by atoms with Crippen molar-refractivity contribution in [3.8, 4) is 11.5 Å². The molecule has 0 bridgehead atoms. The van der Waals surface area contributed by atoms with Crippen LogP contribution >= 0.6 is 0 Å². The SMILES string of the molecule is COc1ccc(CN2C(=O)NC(C)(c3ccc(OC(F)F)cc3)C2=O)cc1. The maximum atomic E-state index is 12.9. The third kappa shape index (κ3) is 3.69. The van der Waals surface area contributed by atoms with Crippen LogP contribution in [-0.4, -0.2) is 30.6 Å². The van der Waals surface area contributed by atoms with Crippen molar-refractivity contribution in [2.24, 2.45) is 0 Å². The van der Waals surface area contributed by atoms with Crippen molar-refractivity contribution in [1.82, 2.24) is 10.2 Å². The normalized spacial score (nSPS) is 19.4. The first-order chi connectivity index (χ1) is 12.8. The van der Waals surface area contributed by atoms with Gasteiger partial charge in [-0.1, -0.05) is 24.3 Å². The molecular formula is C19H18F2N2O4. The molecule has 0 aromatic heterocycles. The Labute approximate surface area is 154 Å². The predicted octanol–water partition coefficient (Wildman–Crippen LogP) is 3.26. The van der Waals surface area contributed by atoms with Gasteiger partial charge in [-0.05, 0) is 42.3 Å². The summed E-state index contributed by atoms with van der Waals surface area (Å²) in [5.41, 5.74) is -0.0451. The molecule has 2 aromatic carbocycles. The first-order valence-corrected chi connectivity index (χ1v) is 8.16. The Kier molecular flexibility index (Phi) is 4.98. The van der Waals surface area contributed by atoms with Gasteiger partial charge in [0.2, 0.25) is 0 Å². The third-order valence-corrected chi connectivity index (χ3v) is 4.43. The van der Waals surface area contributed by atoms with Gasteiger partial charge in [-0.25, -0.2) is 4.79 Å². The zero-order valence-electron chi connectivity index (χ0n) is 14.7. The average Bonchev–Trinajstić information content (AvgIpc) is 2.86. The van der Waals surface area contributed by atoms with Crippen LogP contribution in [0.3, 0.4) is 0 Å². The van der Waals surface area contributed by atoms with E-state index in [1.165, 1.54) is 24.3 Å². The number of nitrogens with zero attached hydrogens (tertiary/aromatic N) is 1. The Bertz CT molecular complexity index is 840. The van der Waals surface area contributed by atoms with Crippen LogP contribution < -0.4 is 14.8 Å². The Morgan fingerprint density at radius 1 is 1.04 bits per heavy atom. The van der Waals surface area contributed by atoms with Crippen LogP contribution in [-0.2, 0) is 16.9 Å².